The van der Waals surface area contributed by atoms with Crippen molar-refractivity contribution < 1.29 is 9.90 Å². The lowest BCUT2D eigenvalue weighted by Gasteiger charge is -2.25. The number of aliphatic hydroxyl groups is 1. The van der Waals surface area contributed by atoms with Crippen LogP contribution in [-0.4, -0.2) is 35.0 Å². The van der Waals surface area contributed by atoms with Gasteiger partial charge in [-0.1, -0.05) is 30.3 Å². The van der Waals surface area contributed by atoms with Crippen LogP contribution in [0.3, 0.4) is 0 Å². The van der Waals surface area contributed by atoms with Gasteiger partial charge in [0.25, 0.3) is 0 Å². The van der Waals surface area contributed by atoms with Crippen molar-refractivity contribution in [3.05, 3.63) is 58.3 Å². The number of benzene rings is 1. The maximum atomic E-state index is 12.1. The number of amides is 1. The Kier molecular flexibility index (Phi) is 6.77. The summed E-state index contributed by atoms with van der Waals surface area (Å²) in [7, 11) is 0. The highest BCUT2D eigenvalue weighted by Gasteiger charge is 2.17. The Morgan fingerprint density at radius 1 is 1.26 bits per heavy atom. The summed E-state index contributed by atoms with van der Waals surface area (Å²) in [6.45, 7) is 5.22. The van der Waals surface area contributed by atoms with Crippen LogP contribution in [0.1, 0.15) is 31.1 Å². The van der Waals surface area contributed by atoms with Crippen LogP contribution in [0.15, 0.2) is 47.2 Å². The van der Waals surface area contributed by atoms with Crippen LogP contribution < -0.4 is 5.32 Å². The second-order valence-corrected chi connectivity index (χ2v) is 6.73. The van der Waals surface area contributed by atoms with Gasteiger partial charge >= 0.3 is 0 Å². The van der Waals surface area contributed by atoms with Crippen LogP contribution in [-0.2, 0) is 11.3 Å². The number of rotatable bonds is 8. The molecule has 0 aliphatic rings. The molecule has 0 saturated carbocycles. The fourth-order valence-electron chi connectivity index (χ4n) is 2.41. The Bertz CT molecular complexity index is 584. The van der Waals surface area contributed by atoms with E-state index in [1.54, 1.807) is 11.3 Å². The SMILES string of the molecule is CC(C)NC(=O)CN(Cc1ccccc1)CC(O)c1ccsc1. The van der Waals surface area contributed by atoms with Crippen LogP contribution in [0.5, 0.6) is 0 Å². The van der Waals surface area contributed by atoms with E-state index in [0.29, 0.717) is 13.1 Å². The number of hydrogen-bond donors (Lipinski definition) is 2. The molecule has 124 valence electrons. The number of nitrogens with zero attached hydrogens (tertiary/aromatic N) is 1. The third kappa shape index (κ3) is 6.14. The van der Waals surface area contributed by atoms with Gasteiger partial charge in [-0.2, -0.15) is 11.3 Å². The quantitative estimate of drug-likeness (QED) is 0.781. The standard InChI is InChI=1S/C18H24N2O2S/c1-14(2)19-18(22)12-20(10-15-6-4-3-5-7-15)11-17(21)16-8-9-23-13-16/h3-9,13-14,17,21H,10-12H2,1-2H3,(H,19,22). The van der Waals surface area contributed by atoms with Crippen molar-refractivity contribution in [3.8, 4) is 0 Å². The molecule has 1 atom stereocenters. The van der Waals surface area contributed by atoms with Gasteiger partial charge in [0.1, 0.15) is 0 Å². The molecule has 0 fully saturated rings. The molecule has 0 radical (unpaired) electrons. The van der Waals surface area contributed by atoms with Gasteiger partial charge in [0.15, 0.2) is 0 Å². The first-order chi connectivity index (χ1) is 11.0. The first-order valence-corrected chi connectivity index (χ1v) is 8.74. The van der Waals surface area contributed by atoms with Crippen LogP contribution in [0.4, 0.5) is 0 Å². The molecule has 1 heterocycles. The van der Waals surface area contributed by atoms with E-state index in [-0.39, 0.29) is 18.5 Å². The van der Waals surface area contributed by atoms with E-state index in [9.17, 15) is 9.90 Å². The van der Waals surface area contributed by atoms with E-state index >= 15 is 0 Å². The zero-order chi connectivity index (χ0) is 16.7. The Morgan fingerprint density at radius 3 is 2.61 bits per heavy atom. The summed E-state index contributed by atoms with van der Waals surface area (Å²) < 4.78 is 0. The number of thiophene rings is 1. The summed E-state index contributed by atoms with van der Waals surface area (Å²) in [5.74, 6) is -0.0200. The van der Waals surface area contributed by atoms with E-state index in [2.05, 4.69) is 5.32 Å². The molecular weight excluding hydrogens is 308 g/mol. The van der Waals surface area contributed by atoms with Crippen molar-refractivity contribution >= 4 is 17.2 Å². The third-order valence-corrected chi connectivity index (χ3v) is 4.13. The summed E-state index contributed by atoms with van der Waals surface area (Å²) in [4.78, 5) is 14.1. The van der Waals surface area contributed by atoms with E-state index < -0.39 is 6.10 Å². The van der Waals surface area contributed by atoms with Gasteiger partial charge in [0.2, 0.25) is 5.91 Å². The molecule has 0 aliphatic carbocycles. The molecule has 0 bridgehead atoms. The fourth-order valence-corrected chi connectivity index (χ4v) is 3.12. The lowest BCUT2D eigenvalue weighted by Crippen LogP contribution is -2.41. The zero-order valence-electron chi connectivity index (χ0n) is 13.6. The van der Waals surface area contributed by atoms with Crippen LogP contribution in [0.25, 0.3) is 0 Å². The number of nitrogens with one attached hydrogen (secondary N) is 1. The van der Waals surface area contributed by atoms with Gasteiger partial charge in [-0.25, -0.2) is 0 Å². The average Bonchev–Trinajstić information content (AvgIpc) is 3.01. The van der Waals surface area contributed by atoms with E-state index in [1.807, 2.05) is 65.9 Å². The van der Waals surface area contributed by atoms with Crippen molar-refractivity contribution in [1.82, 2.24) is 10.2 Å². The molecule has 5 heteroatoms. The molecule has 23 heavy (non-hydrogen) atoms. The Balaban J connectivity index is 2.02. The van der Waals surface area contributed by atoms with Gasteiger partial charge in [-0.3, -0.25) is 9.69 Å². The molecule has 2 N–H and O–H groups in total. The second-order valence-electron chi connectivity index (χ2n) is 5.95. The highest BCUT2D eigenvalue weighted by atomic mass is 32.1. The lowest BCUT2D eigenvalue weighted by molar-refractivity contribution is -0.123. The van der Waals surface area contributed by atoms with Crippen LogP contribution in [0.2, 0.25) is 0 Å². The molecule has 1 unspecified atom stereocenters. The minimum absolute atomic E-state index is 0.0200. The Labute approximate surface area is 141 Å². The molecule has 1 amide bonds. The maximum Gasteiger partial charge on any atom is 0.234 e. The predicted molar refractivity (Wildman–Crippen MR) is 94.3 cm³/mol. The Morgan fingerprint density at radius 2 is 2.00 bits per heavy atom. The van der Waals surface area contributed by atoms with E-state index in [0.717, 1.165) is 11.1 Å². The molecule has 0 spiro atoms. The van der Waals surface area contributed by atoms with E-state index in [1.165, 1.54) is 0 Å². The number of aliphatic hydroxyl groups excluding tert-OH is 1. The minimum Gasteiger partial charge on any atom is -0.387 e. The van der Waals surface area contributed by atoms with Gasteiger partial charge in [-0.05, 0) is 41.8 Å². The summed E-state index contributed by atoms with van der Waals surface area (Å²) in [5.41, 5.74) is 2.03. The van der Waals surface area contributed by atoms with Crippen LogP contribution in [0, 0.1) is 0 Å². The van der Waals surface area contributed by atoms with Gasteiger partial charge in [0, 0.05) is 19.1 Å². The summed E-state index contributed by atoms with van der Waals surface area (Å²) in [6, 6.07) is 12.0. The van der Waals surface area contributed by atoms with Crippen molar-refractivity contribution in [3.63, 3.8) is 0 Å². The van der Waals surface area contributed by atoms with Gasteiger partial charge < -0.3 is 10.4 Å². The van der Waals surface area contributed by atoms with Crippen molar-refractivity contribution in [1.29, 1.82) is 0 Å². The average molecular weight is 332 g/mol. The molecule has 0 saturated heterocycles. The van der Waals surface area contributed by atoms with Crippen molar-refractivity contribution in [2.75, 3.05) is 13.1 Å². The lowest BCUT2D eigenvalue weighted by atomic mass is 10.1. The highest BCUT2D eigenvalue weighted by molar-refractivity contribution is 7.07. The first kappa shape index (κ1) is 17.7. The third-order valence-electron chi connectivity index (χ3n) is 3.42. The smallest absolute Gasteiger partial charge is 0.234 e. The summed E-state index contributed by atoms with van der Waals surface area (Å²) in [5, 5.41) is 17.2. The van der Waals surface area contributed by atoms with Crippen molar-refractivity contribution in [2.24, 2.45) is 0 Å². The molecule has 1 aromatic carbocycles. The van der Waals surface area contributed by atoms with Gasteiger partial charge in [-0.15, -0.1) is 0 Å². The molecule has 1 aromatic heterocycles. The van der Waals surface area contributed by atoms with Gasteiger partial charge in [0.05, 0.1) is 12.6 Å². The number of carbonyl (C=O) groups excluding carboxylic acids is 1. The Hall–Kier alpha value is -1.69. The van der Waals surface area contributed by atoms with Crippen LogP contribution >= 0.6 is 11.3 Å². The van der Waals surface area contributed by atoms with E-state index in [4.69, 9.17) is 0 Å². The highest BCUT2D eigenvalue weighted by Crippen LogP contribution is 2.18. The first-order valence-electron chi connectivity index (χ1n) is 7.80. The largest absolute Gasteiger partial charge is 0.387 e. The number of hydrogen-bond acceptors (Lipinski definition) is 4. The van der Waals surface area contributed by atoms with Crippen molar-refractivity contribution in [2.45, 2.75) is 32.5 Å². The maximum absolute atomic E-state index is 12.1. The fraction of sp³-hybridized carbons (Fsp3) is 0.389. The molecule has 2 aromatic rings. The normalized spacial score (nSPS) is 12.6. The zero-order valence-corrected chi connectivity index (χ0v) is 14.4. The molecule has 0 aliphatic heterocycles. The summed E-state index contributed by atoms with van der Waals surface area (Å²) >= 11 is 1.56. The summed E-state index contributed by atoms with van der Waals surface area (Å²) in [6.07, 6.45) is -0.586. The topological polar surface area (TPSA) is 52.6 Å². The monoisotopic (exact) mass is 332 g/mol. The minimum atomic E-state index is -0.586. The molecular formula is C18H24N2O2S. The second kappa shape index (κ2) is 8.82. The number of carbonyl (C=O) groups is 1. The predicted octanol–water partition coefficient (Wildman–Crippen LogP) is 2.81. The molecule has 4 nitrogen and oxygen atoms in total. The molecule has 2 rings (SSSR count).